The number of carbonyl (C=O) groups excluding carboxylic acids is 1. The molecule has 2 rings (SSSR count). The van der Waals surface area contributed by atoms with Gasteiger partial charge in [-0.1, -0.05) is 28.5 Å². The van der Waals surface area contributed by atoms with Crippen molar-refractivity contribution in [2.45, 2.75) is 11.1 Å². The van der Waals surface area contributed by atoms with Gasteiger partial charge in [0, 0.05) is 11.4 Å². The van der Waals surface area contributed by atoms with Gasteiger partial charge < -0.3 is 21.0 Å². The second-order valence-electron chi connectivity index (χ2n) is 4.56. The van der Waals surface area contributed by atoms with Gasteiger partial charge in [0.15, 0.2) is 10.7 Å². The molecular formula is C13H13ClFN5O4S. The van der Waals surface area contributed by atoms with Crippen LogP contribution in [0.4, 0.5) is 10.1 Å². The van der Waals surface area contributed by atoms with Gasteiger partial charge in [-0.25, -0.2) is 9.02 Å². The van der Waals surface area contributed by atoms with Crippen molar-refractivity contribution >= 4 is 40.9 Å². The van der Waals surface area contributed by atoms with E-state index in [1.807, 2.05) is 0 Å². The molecule has 0 saturated heterocycles. The van der Waals surface area contributed by atoms with E-state index in [2.05, 4.69) is 30.2 Å². The van der Waals surface area contributed by atoms with E-state index in [-0.39, 0.29) is 27.3 Å². The van der Waals surface area contributed by atoms with Crippen LogP contribution in [-0.4, -0.2) is 46.2 Å². The quantitative estimate of drug-likeness (QED) is 0.168. The molecule has 0 aliphatic rings. The van der Waals surface area contributed by atoms with Crippen LogP contribution in [0, 0.1) is 5.82 Å². The summed E-state index contributed by atoms with van der Waals surface area (Å²) in [7, 11) is 1.23. The summed E-state index contributed by atoms with van der Waals surface area (Å²) < 4.78 is 22.4. The standard InChI is InChI=1S/C13H13ClFN5O4S/c1-23-13(21)9(16)5-25-12-10(19-24-20-12)11(18-22)17-6-2-3-8(15)7(14)4-6/h2-4,9,22H,5,16H2,1H3,(H,17,18)/t9-/m0/s1. The van der Waals surface area contributed by atoms with E-state index in [1.165, 1.54) is 19.2 Å². The largest absolute Gasteiger partial charge is 0.468 e. The third-order valence-electron chi connectivity index (χ3n) is 2.87. The summed E-state index contributed by atoms with van der Waals surface area (Å²) in [6.07, 6.45) is 0. The highest BCUT2D eigenvalue weighted by molar-refractivity contribution is 7.99. The molecule has 2 aromatic rings. The van der Waals surface area contributed by atoms with Gasteiger partial charge in [-0.05, 0) is 28.5 Å². The highest BCUT2D eigenvalue weighted by Crippen LogP contribution is 2.23. The molecule has 1 atom stereocenters. The minimum Gasteiger partial charge on any atom is -0.468 e. The summed E-state index contributed by atoms with van der Waals surface area (Å²) in [5.41, 5.74) is 6.06. The van der Waals surface area contributed by atoms with Crippen molar-refractivity contribution in [2.75, 3.05) is 18.2 Å². The minimum absolute atomic E-state index is 0.0741. The highest BCUT2D eigenvalue weighted by Gasteiger charge is 2.21. The normalized spacial score (nSPS) is 12.7. The highest BCUT2D eigenvalue weighted by atomic mass is 35.5. The second-order valence-corrected chi connectivity index (χ2v) is 5.98. The Bertz CT molecular complexity index is 788. The van der Waals surface area contributed by atoms with Crippen LogP contribution < -0.4 is 11.1 Å². The maximum Gasteiger partial charge on any atom is 0.323 e. The minimum atomic E-state index is -0.877. The number of esters is 1. The number of rotatable bonds is 6. The van der Waals surface area contributed by atoms with E-state index in [0.29, 0.717) is 5.69 Å². The van der Waals surface area contributed by atoms with E-state index in [4.69, 9.17) is 17.3 Å². The lowest BCUT2D eigenvalue weighted by Crippen LogP contribution is -2.33. The maximum absolute atomic E-state index is 13.2. The number of hydrogen-bond acceptors (Lipinski definition) is 9. The monoisotopic (exact) mass is 389 g/mol. The number of ether oxygens (including phenoxy) is 1. The first-order valence-electron chi connectivity index (χ1n) is 6.69. The molecule has 0 amide bonds. The van der Waals surface area contributed by atoms with E-state index in [9.17, 15) is 14.4 Å². The van der Waals surface area contributed by atoms with Gasteiger partial charge in [-0.15, -0.1) is 0 Å². The zero-order chi connectivity index (χ0) is 18.4. The molecule has 0 saturated carbocycles. The van der Waals surface area contributed by atoms with Crippen LogP contribution in [0.5, 0.6) is 0 Å². The molecule has 1 heterocycles. The number of aromatic nitrogens is 2. The van der Waals surface area contributed by atoms with E-state index < -0.39 is 17.8 Å². The molecule has 0 aliphatic carbocycles. The number of thioether (sulfide) groups is 1. The molecule has 12 heteroatoms. The number of anilines is 1. The Morgan fingerprint density at radius 3 is 3.00 bits per heavy atom. The van der Waals surface area contributed by atoms with Crippen molar-refractivity contribution in [2.24, 2.45) is 10.9 Å². The first kappa shape index (κ1) is 19.0. The molecule has 0 unspecified atom stereocenters. The van der Waals surface area contributed by atoms with Crippen molar-refractivity contribution < 1.29 is 23.8 Å². The Morgan fingerprint density at radius 1 is 1.60 bits per heavy atom. The summed E-state index contributed by atoms with van der Waals surface area (Å²) >= 11 is 6.75. The molecule has 0 radical (unpaired) electrons. The number of benzene rings is 1. The Kier molecular flexibility index (Phi) is 6.56. The Hall–Kier alpha value is -2.37. The van der Waals surface area contributed by atoms with Crippen molar-refractivity contribution in [1.29, 1.82) is 0 Å². The number of halogens is 2. The number of methoxy groups -OCH3 is 1. The smallest absolute Gasteiger partial charge is 0.323 e. The average molecular weight is 390 g/mol. The SMILES string of the molecule is COC(=O)[C@@H](N)CSc1nonc1/C(=N/O)Nc1ccc(F)c(Cl)c1. The fourth-order valence-corrected chi connectivity index (χ4v) is 2.66. The summed E-state index contributed by atoms with van der Waals surface area (Å²) in [5, 5.41) is 22.4. The van der Waals surface area contributed by atoms with Crippen LogP contribution in [0.1, 0.15) is 5.69 Å². The topological polar surface area (TPSA) is 136 Å². The fourth-order valence-electron chi connectivity index (χ4n) is 1.65. The molecule has 4 N–H and O–H groups in total. The number of nitrogens with one attached hydrogen (secondary N) is 1. The number of hydrogen-bond donors (Lipinski definition) is 3. The van der Waals surface area contributed by atoms with Crippen molar-refractivity contribution in [3.05, 3.63) is 34.7 Å². The number of nitrogens with zero attached hydrogens (tertiary/aromatic N) is 3. The lowest BCUT2D eigenvalue weighted by molar-refractivity contribution is -0.141. The second kappa shape index (κ2) is 8.65. The molecule has 1 aromatic carbocycles. The van der Waals surface area contributed by atoms with Crippen LogP contribution in [0.3, 0.4) is 0 Å². The van der Waals surface area contributed by atoms with Gasteiger partial charge in [0.2, 0.25) is 5.84 Å². The Balaban J connectivity index is 2.12. The first-order valence-corrected chi connectivity index (χ1v) is 8.06. The van der Waals surface area contributed by atoms with Gasteiger partial charge in [0.1, 0.15) is 11.9 Å². The molecule has 0 spiro atoms. The molecule has 0 fully saturated rings. The summed E-state index contributed by atoms with van der Waals surface area (Å²) in [6, 6.07) is 2.96. The number of oxime groups is 1. The average Bonchev–Trinajstić information content (AvgIpc) is 3.08. The molecule has 25 heavy (non-hydrogen) atoms. The van der Waals surface area contributed by atoms with E-state index in [0.717, 1.165) is 17.8 Å². The van der Waals surface area contributed by atoms with E-state index >= 15 is 0 Å². The lowest BCUT2D eigenvalue weighted by Gasteiger charge is -2.09. The van der Waals surface area contributed by atoms with Gasteiger partial charge in [-0.3, -0.25) is 4.79 Å². The zero-order valence-electron chi connectivity index (χ0n) is 12.8. The number of nitrogens with two attached hydrogens (primary N) is 1. The molecule has 0 bridgehead atoms. The van der Waals surface area contributed by atoms with Crippen LogP contribution in [0.15, 0.2) is 33.0 Å². The third kappa shape index (κ3) is 4.81. The molecule has 1 aromatic heterocycles. The maximum atomic E-state index is 13.2. The van der Waals surface area contributed by atoms with Crippen LogP contribution >= 0.6 is 23.4 Å². The molecule has 0 aliphatic heterocycles. The van der Waals surface area contributed by atoms with E-state index in [1.54, 1.807) is 0 Å². The predicted molar refractivity (Wildman–Crippen MR) is 88.4 cm³/mol. The number of carbonyl (C=O) groups is 1. The predicted octanol–water partition coefficient (Wildman–Crippen LogP) is 1.70. The molecule has 9 nitrogen and oxygen atoms in total. The lowest BCUT2D eigenvalue weighted by atomic mass is 10.3. The van der Waals surface area contributed by atoms with Crippen molar-refractivity contribution in [3.63, 3.8) is 0 Å². The third-order valence-corrected chi connectivity index (χ3v) is 4.23. The summed E-state index contributed by atoms with van der Waals surface area (Å²) in [6.45, 7) is 0. The number of amidine groups is 1. The van der Waals surface area contributed by atoms with Crippen molar-refractivity contribution in [3.8, 4) is 0 Å². The summed E-state index contributed by atoms with van der Waals surface area (Å²) in [5.74, 6) is -1.15. The Labute approximate surface area is 150 Å². The molecule has 134 valence electrons. The summed E-state index contributed by atoms with van der Waals surface area (Å²) in [4.78, 5) is 11.3. The van der Waals surface area contributed by atoms with Crippen molar-refractivity contribution in [1.82, 2.24) is 10.3 Å². The van der Waals surface area contributed by atoms with Gasteiger partial charge in [0.05, 0.1) is 12.1 Å². The zero-order valence-corrected chi connectivity index (χ0v) is 14.3. The van der Waals surface area contributed by atoms with Gasteiger partial charge in [0.25, 0.3) is 0 Å². The van der Waals surface area contributed by atoms with Gasteiger partial charge in [-0.2, -0.15) is 0 Å². The first-order chi connectivity index (χ1) is 12.0. The van der Waals surface area contributed by atoms with Crippen LogP contribution in [-0.2, 0) is 9.53 Å². The molecular weight excluding hydrogens is 377 g/mol. The fraction of sp³-hybridized carbons (Fsp3) is 0.231. The van der Waals surface area contributed by atoms with Crippen LogP contribution in [0.2, 0.25) is 5.02 Å². The van der Waals surface area contributed by atoms with Gasteiger partial charge >= 0.3 is 5.97 Å². The Morgan fingerprint density at radius 2 is 2.36 bits per heavy atom. The van der Waals surface area contributed by atoms with Crippen LogP contribution in [0.25, 0.3) is 0 Å².